The maximum Gasteiger partial charge on any atom is 0.227 e. The molecule has 0 heterocycles. The van der Waals surface area contributed by atoms with Gasteiger partial charge in [-0.15, -0.1) is 0 Å². The fourth-order valence-corrected chi connectivity index (χ4v) is 1.59. The lowest BCUT2D eigenvalue weighted by molar-refractivity contribution is -0.119. The molecule has 1 atom stereocenters. The molecule has 1 amide bonds. The molecule has 0 saturated heterocycles. The molecule has 0 saturated carbocycles. The van der Waals surface area contributed by atoms with Gasteiger partial charge in [-0.25, -0.2) is 0 Å². The van der Waals surface area contributed by atoms with E-state index < -0.39 is 0 Å². The highest BCUT2D eigenvalue weighted by Crippen LogP contribution is 2.28. The van der Waals surface area contributed by atoms with Crippen LogP contribution in [-0.2, 0) is 4.79 Å². The first-order valence-electron chi connectivity index (χ1n) is 5.43. The Labute approximate surface area is 106 Å². The van der Waals surface area contributed by atoms with E-state index in [9.17, 15) is 4.79 Å². The molecule has 0 aliphatic carbocycles. The summed E-state index contributed by atoms with van der Waals surface area (Å²) < 4.78 is 5.14. The molecular weight excluding hydrogens is 240 g/mol. The number of carbonyl (C=O) groups is 1. The van der Waals surface area contributed by atoms with Gasteiger partial charge in [0, 0.05) is 10.9 Å². The van der Waals surface area contributed by atoms with Crippen molar-refractivity contribution >= 4 is 23.2 Å². The lowest BCUT2D eigenvalue weighted by Gasteiger charge is -2.13. The Morgan fingerprint density at radius 1 is 1.59 bits per heavy atom. The minimum atomic E-state index is -0.135. The normalized spacial score (nSPS) is 12.0. The fourth-order valence-electron chi connectivity index (χ4n) is 1.41. The molecule has 0 spiro atoms. The van der Waals surface area contributed by atoms with Crippen LogP contribution in [0.5, 0.6) is 5.75 Å². The van der Waals surface area contributed by atoms with Crippen LogP contribution in [0.3, 0.4) is 0 Å². The van der Waals surface area contributed by atoms with Gasteiger partial charge in [-0.1, -0.05) is 18.5 Å². The summed E-state index contributed by atoms with van der Waals surface area (Å²) in [6, 6.07) is 5.08. The Hall–Kier alpha value is -1.26. The number of rotatable bonds is 5. The molecule has 1 aromatic carbocycles. The second-order valence-corrected chi connectivity index (χ2v) is 4.25. The molecule has 0 radical (unpaired) electrons. The third kappa shape index (κ3) is 3.91. The SMILES string of the molecule is COc1ccc(Cl)cc1NC(=O)C(C)CCN. The number of benzene rings is 1. The van der Waals surface area contributed by atoms with Gasteiger partial charge in [-0.2, -0.15) is 0 Å². The number of ether oxygens (including phenoxy) is 1. The quantitative estimate of drug-likeness (QED) is 0.849. The Bertz CT molecular complexity index is 396. The van der Waals surface area contributed by atoms with Gasteiger partial charge < -0.3 is 15.8 Å². The maximum atomic E-state index is 11.8. The van der Waals surface area contributed by atoms with Crippen molar-refractivity contribution in [1.29, 1.82) is 0 Å². The first-order valence-corrected chi connectivity index (χ1v) is 5.80. The number of carbonyl (C=O) groups excluding carboxylic acids is 1. The zero-order chi connectivity index (χ0) is 12.8. The lowest BCUT2D eigenvalue weighted by atomic mass is 10.1. The highest BCUT2D eigenvalue weighted by molar-refractivity contribution is 6.31. The van der Waals surface area contributed by atoms with E-state index in [-0.39, 0.29) is 11.8 Å². The average molecular weight is 257 g/mol. The van der Waals surface area contributed by atoms with Gasteiger partial charge in [0.05, 0.1) is 12.8 Å². The first-order chi connectivity index (χ1) is 8.08. The van der Waals surface area contributed by atoms with Gasteiger partial charge in [0.15, 0.2) is 0 Å². The Kier molecular flexibility index (Phi) is 5.25. The molecule has 17 heavy (non-hydrogen) atoms. The highest BCUT2D eigenvalue weighted by Gasteiger charge is 2.14. The summed E-state index contributed by atoms with van der Waals surface area (Å²) in [5, 5.41) is 3.33. The topological polar surface area (TPSA) is 64.3 Å². The van der Waals surface area contributed by atoms with Crippen LogP contribution in [0.4, 0.5) is 5.69 Å². The second-order valence-electron chi connectivity index (χ2n) is 3.81. The third-order valence-electron chi connectivity index (χ3n) is 2.47. The molecule has 0 aliphatic rings. The Morgan fingerprint density at radius 3 is 2.88 bits per heavy atom. The molecule has 1 unspecified atom stereocenters. The van der Waals surface area contributed by atoms with E-state index in [1.54, 1.807) is 25.3 Å². The van der Waals surface area contributed by atoms with Crippen LogP contribution in [0.1, 0.15) is 13.3 Å². The molecule has 1 rings (SSSR count). The molecule has 0 aliphatic heterocycles. The predicted octanol–water partition coefficient (Wildman–Crippen LogP) is 2.27. The minimum absolute atomic E-state index is 0.0870. The van der Waals surface area contributed by atoms with Crippen LogP contribution in [0.15, 0.2) is 18.2 Å². The van der Waals surface area contributed by atoms with Crippen LogP contribution < -0.4 is 15.8 Å². The van der Waals surface area contributed by atoms with Gasteiger partial charge in [0.25, 0.3) is 0 Å². The van der Waals surface area contributed by atoms with Crippen LogP contribution in [0, 0.1) is 5.92 Å². The van der Waals surface area contributed by atoms with E-state index in [4.69, 9.17) is 22.1 Å². The van der Waals surface area contributed by atoms with Crippen molar-refractivity contribution in [3.8, 4) is 5.75 Å². The molecule has 94 valence electrons. The fraction of sp³-hybridized carbons (Fsp3) is 0.417. The van der Waals surface area contributed by atoms with Crippen molar-refractivity contribution in [2.45, 2.75) is 13.3 Å². The van der Waals surface area contributed by atoms with Crippen molar-refractivity contribution < 1.29 is 9.53 Å². The third-order valence-corrected chi connectivity index (χ3v) is 2.70. The number of amides is 1. The maximum absolute atomic E-state index is 11.8. The highest BCUT2D eigenvalue weighted by atomic mass is 35.5. The lowest BCUT2D eigenvalue weighted by Crippen LogP contribution is -2.23. The van der Waals surface area contributed by atoms with Crippen molar-refractivity contribution in [3.63, 3.8) is 0 Å². The van der Waals surface area contributed by atoms with Gasteiger partial charge in [-0.3, -0.25) is 4.79 Å². The van der Waals surface area contributed by atoms with E-state index >= 15 is 0 Å². The van der Waals surface area contributed by atoms with E-state index in [2.05, 4.69) is 5.32 Å². The molecule has 0 bridgehead atoms. The number of methoxy groups -OCH3 is 1. The standard InChI is InChI=1S/C12H17ClN2O2/c1-8(5-6-14)12(16)15-10-7-9(13)3-4-11(10)17-2/h3-4,7-8H,5-6,14H2,1-2H3,(H,15,16). The van der Waals surface area contributed by atoms with E-state index in [0.29, 0.717) is 29.4 Å². The smallest absolute Gasteiger partial charge is 0.227 e. The Balaban J connectivity index is 2.79. The summed E-state index contributed by atoms with van der Waals surface area (Å²) in [4.78, 5) is 11.8. The van der Waals surface area contributed by atoms with Crippen molar-refractivity contribution in [2.75, 3.05) is 19.0 Å². The molecule has 0 aromatic heterocycles. The summed E-state index contributed by atoms with van der Waals surface area (Å²) in [7, 11) is 1.54. The van der Waals surface area contributed by atoms with E-state index in [1.807, 2.05) is 6.92 Å². The van der Waals surface area contributed by atoms with Gasteiger partial charge in [0.1, 0.15) is 5.75 Å². The van der Waals surface area contributed by atoms with Gasteiger partial charge in [0.2, 0.25) is 5.91 Å². The number of nitrogens with two attached hydrogens (primary N) is 1. The summed E-state index contributed by atoms with van der Waals surface area (Å²) in [5.74, 6) is 0.363. The minimum Gasteiger partial charge on any atom is -0.495 e. The van der Waals surface area contributed by atoms with Crippen LogP contribution in [-0.4, -0.2) is 19.6 Å². The summed E-state index contributed by atoms with van der Waals surface area (Å²) in [6.45, 7) is 2.32. The molecule has 1 aromatic rings. The summed E-state index contributed by atoms with van der Waals surface area (Å²) in [5.41, 5.74) is 5.99. The van der Waals surface area contributed by atoms with Crippen LogP contribution in [0.2, 0.25) is 5.02 Å². The zero-order valence-corrected chi connectivity index (χ0v) is 10.8. The number of halogens is 1. The molecule has 4 nitrogen and oxygen atoms in total. The van der Waals surface area contributed by atoms with E-state index in [1.165, 1.54) is 0 Å². The van der Waals surface area contributed by atoms with Crippen molar-refractivity contribution in [2.24, 2.45) is 11.7 Å². The van der Waals surface area contributed by atoms with Crippen LogP contribution in [0.25, 0.3) is 0 Å². The number of nitrogens with one attached hydrogen (secondary N) is 1. The van der Waals surface area contributed by atoms with E-state index in [0.717, 1.165) is 0 Å². The average Bonchev–Trinajstić information content (AvgIpc) is 2.29. The molecule has 5 heteroatoms. The molecule has 0 fully saturated rings. The number of hydrogen-bond donors (Lipinski definition) is 2. The predicted molar refractivity (Wildman–Crippen MR) is 69.5 cm³/mol. The Morgan fingerprint density at radius 2 is 2.29 bits per heavy atom. The van der Waals surface area contributed by atoms with Crippen LogP contribution >= 0.6 is 11.6 Å². The second kappa shape index (κ2) is 6.47. The zero-order valence-electron chi connectivity index (χ0n) is 10.00. The largest absolute Gasteiger partial charge is 0.495 e. The van der Waals surface area contributed by atoms with Crippen molar-refractivity contribution in [3.05, 3.63) is 23.2 Å². The monoisotopic (exact) mass is 256 g/mol. The molecular formula is C12H17ClN2O2. The summed E-state index contributed by atoms with van der Waals surface area (Å²) in [6.07, 6.45) is 0.648. The summed E-state index contributed by atoms with van der Waals surface area (Å²) >= 11 is 5.87. The van der Waals surface area contributed by atoms with Gasteiger partial charge >= 0.3 is 0 Å². The number of hydrogen-bond acceptors (Lipinski definition) is 3. The van der Waals surface area contributed by atoms with Crippen molar-refractivity contribution in [1.82, 2.24) is 0 Å². The number of anilines is 1. The van der Waals surface area contributed by atoms with Gasteiger partial charge in [-0.05, 0) is 31.2 Å². The molecule has 3 N–H and O–H groups in total. The first kappa shape index (κ1) is 13.8.